The molecule has 1 aromatic heterocycles. The van der Waals surface area contributed by atoms with Gasteiger partial charge in [-0.3, -0.25) is 0 Å². The van der Waals surface area contributed by atoms with Gasteiger partial charge in [0.05, 0.1) is 18.8 Å². The van der Waals surface area contributed by atoms with Crippen LogP contribution in [0.2, 0.25) is 0 Å². The van der Waals surface area contributed by atoms with Gasteiger partial charge in [0.15, 0.2) is 0 Å². The third-order valence-electron chi connectivity index (χ3n) is 4.97. The summed E-state index contributed by atoms with van der Waals surface area (Å²) in [4.78, 5) is 0. The molecule has 0 radical (unpaired) electrons. The van der Waals surface area contributed by atoms with Crippen LogP contribution in [-0.4, -0.2) is 28.9 Å². The van der Waals surface area contributed by atoms with Crippen molar-refractivity contribution in [1.29, 1.82) is 0 Å². The third kappa shape index (κ3) is 4.07. The maximum Gasteiger partial charge on any atom is 0.0898 e. The second-order valence-corrected chi connectivity index (χ2v) is 6.72. The predicted molar refractivity (Wildman–Crippen MR) is 95.9 cm³/mol. The van der Waals surface area contributed by atoms with E-state index in [-0.39, 0.29) is 6.10 Å². The topological polar surface area (TPSA) is 46.4 Å². The summed E-state index contributed by atoms with van der Waals surface area (Å²) in [7, 11) is 2.06. The van der Waals surface area contributed by atoms with Crippen LogP contribution in [-0.2, 0) is 24.8 Å². The van der Waals surface area contributed by atoms with Gasteiger partial charge in [-0.05, 0) is 49.4 Å². The van der Waals surface area contributed by atoms with Crippen molar-refractivity contribution < 1.29 is 9.84 Å². The molecule has 130 valence electrons. The average molecular weight is 328 g/mol. The predicted octanol–water partition coefficient (Wildman–Crippen LogP) is 2.88. The fraction of sp³-hybridized carbons (Fsp3) is 0.500. The first kappa shape index (κ1) is 17.2. The number of hydrogen-bond acceptors (Lipinski definition) is 3. The van der Waals surface area contributed by atoms with Crippen molar-refractivity contribution in [3.63, 3.8) is 0 Å². The highest BCUT2D eigenvalue weighted by atomic mass is 16.5. The lowest BCUT2D eigenvalue weighted by Crippen LogP contribution is -2.31. The number of aromatic nitrogens is 1. The fourth-order valence-electron chi connectivity index (χ4n) is 3.38. The summed E-state index contributed by atoms with van der Waals surface area (Å²) < 4.78 is 8.17. The molecule has 2 atom stereocenters. The molecular weight excluding hydrogens is 300 g/mol. The molecule has 0 bridgehead atoms. The Hall–Kier alpha value is -1.62. The second-order valence-electron chi connectivity index (χ2n) is 6.72. The van der Waals surface area contributed by atoms with Gasteiger partial charge in [0, 0.05) is 31.5 Å². The van der Waals surface area contributed by atoms with E-state index in [0.29, 0.717) is 13.2 Å². The number of hydrogen-bond donors (Lipinski definition) is 2. The molecule has 0 unspecified atom stereocenters. The van der Waals surface area contributed by atoms with Crippen molar-refractivity contribution in [2.24, 2.45) is 7.05 Å². The fourth-order valence-corrected chi connectivity index (χ4v) is 3.38. The zero-order valence-corrected chi connectivity index (χ0v) is 14.7. The van der Waals surface area contributed by atoms with Gasteiger partial charge in [-0.1, -0.05) is 24.3 Å². The maximum atomic E-state index is 10.2. The summed E-state index contributed by atoms with van der Waals surface area (Å²) in [6.45, 7) is 3.76. The zero-order valence-electron chi connectivity index (χ0n) is 14.7. The minimum atomic E-state index is -0.486. The molecular formula is C20H28N2O2. The first-order valence-corrected chi connectivity index (χ1v) is 8.84. The summed E-state index contributed by atoms with van der Waals surface area (Å²) in [5.41, 5.74) is 5.15. The highest BCUT2D eigenvalue weighted by molar-refractivity contribution is 5.31. The van der Waals surface area contributed by atoms with E-state index in [1.807, 2.05) is 0 Å². The van der Waals surface area contributed by atoms with Gasteiger partial charge in [-0.15, -0.1) is 0 Å². The highest BCUT2D eigenvalue weighted by Crippen LogP contribution is 2.32. The quantitative estimate of drug-likeness (QED) is 0.821. The molecule has 1 aliphatic carbocycles. The monoisotopic (exact) mass is 328 g/mol. The van der Waals surface area contributed by atoms with Crippen molar-refractivity contribution in [3.05, 3.63) is 58.9 Å². The Morgan fingerprint density at radius 1 is 1.29 bits per heavy atom. The van der Waals surface area contributed by atoms with Crippen LogP contribution in [0.5, 0.6) is 0 Å². The van der Waals surface area contributed by atoms with Gasteiger partial charge in [0.1, 0.15) is 0 Å². The van der Waals surface area contributed by atoms with Gasteiger partial charge in [0.2, 0.25) is 0 Å². The Labute approximate surface area is 144 Å². The minimum Gasteiger partial charge on any atom is -0.389 e. The van der Waals surface area contributed by atoms with E-state index < -0.39 is 6.10 Å². The SMILES string of the molecule is Cc1ccc(CNC[C@@H](O)CO[C@H]2CCCc3ccccc32)n1C. The van der Waals surface area contributed by atoms with Crippen LogP contribution in [0.3, 0.4) is 0 Å². The molecule has 2 N–H and O–H groups in total. The molecule has 1 heterocycles. The van der Waals surface area contributed by atoms with Crippen LogP contribution in [0.1, 0.15) is 41.5 Å². The molecule has 4 nitrogen and oxygen atoms in total. The van der Waals surface area contributed by atoms with Crippen LogP contribution < -0.4 is 5.32 Å². The third-order valence-corrected chi connectivity index (χ3v) is 4.97. The van der Waals surface area contributed by atoms with Gasteiger partial charge in [0.25, 0.3) is 0 Å². The molecule has 0 fully saturated rings. The smallest absolute Gasteiger partial charge is 0.0898 e. The number of aliphatic hydroxyl groups is 1. The number of ether oxygens (including phenoxy) is 1. The maximum absolute atomic E-state index is 10.2. The Balaban J connectivity index is 1.43. The Bertz CT molecular complexity index is 665. The number of benzene rings is 1. The summed E-state index contributed by atoms with van der Waals surface area (Å²) in [5, 5.41) is 13.5. The first-order valence-electron chi connectivity index (χ1n) is 8.84. The van der Waals surface area contributed by atoms with Crippen LogP contribution in [0.25, 0.3) is 0 Å². The lowest BCUT2D eigenvalue weighted by Gasteiger charge is -2.26. The zero-order chi connectivity index (χ0) is 16.9. The highest BCUT2D eigenvalue weighted by Gasteiger charge is 2.21. The molecule has 1 aliphatic rings. The van der Waals surface area contributed by atoms with E-state index in [1.54, 1.807) is 0 Å². The molecule has 0 spiro atoms. The standard InChI is InChI=1S/C20H28N2O2/c1-15-10-11-17(22(15)2)12-21-13-18(23)14-24-20-9-5-7-16-6-3-4-8-19(16)20/h3-4,6,8,10-11,18,20-21,23H,5,7,9,12-14H2,1-2H3/t18-,20+/m1/s1. The Morgan fingerprint density at radius 2 is 2.12 bits per heavy atom. The summed E-state index contributed by atoms with van der Waals surface area (Å²) >= 11 is 0. The number of nitrogens with one attached hydrogen (secondary N) is 1. The number of rotatable bonds is 7. The largest absolute Gasteiger partial charge is 0.389 e. The van der Waals surface area contributed by atoms with Crippen molar-refractivity contribution in [3.8, 4) is 0 Å². The van der Waals surface area contributed by atoms with Gasteiger partial charge < -0.3 is 19.7 Å². The second kappa shape index (κ2) is 7.97. The number of aryl methyl sites for hydroxylation is 2. The summed E-state index contributed by atoms with van der Waals surface area (Å²) in [6.07, 6.45) is 2.97. The van der Waals surface area contributed by atoms with Crippen molar-refractivity contribution in [2.75, 3.05) is 13.2 Å². The van der Waals surface area contributed by atoms with Gasteiger partial charge >= 0.3 is 0 Å². The molecule has 1 aromatic carbocycles. The van der Waals surface area contributed by atoms with Crippen molar-refractivity contribution >= 4 is 0 Å². The molecule has 4 heteroatoms. The van der Waals surface area contributed by atoms with Crippen molar-refractivity contribution in [2.45, 2.75) is 44.9 Å². The van der Waals surface area contributed by atoms with Gasteiger partial charge in [-0.2, -0.15) is 0 Å². The number of aliphatic hydroxyl groups excluding tert-OH is 1. The van der Waals surface area contributed by atoms with Crippen LogP contribution in [0.4, 0.5) is 0 Å². The van der Waals surface area contributed by atoms with E-state index in [9.17, 15) is 5.11 Å². The molecule has 24 heavy (non-hydrogen) atoms. The molecule has 0 amide bonds. The summed E-state index contributed by atoms with van der Waals surface area (Å²) in [6, 6.07) is 12.7. The number of fused-ring (bicyclic) bond motifs is 1. The molecule has 0 aliphatic heterocycles. The van der Waals surface area contributed by atoms with Crippen LogP contribution in [0.15, 0.2) is 36.4 Å². The Morgan fingerprint density at radius 3 is 2.92 bits per heavy atom. The lowest BCUT2D eigenvalue weighted by molar-refractivity contribution is -0.0168. The van der Waals surface area contributed by atoms with E-state index in [2.05, 4.69) is 60.3 Å². The van der Waals surface area contributed by atoms with Crippen LogP contribution in [0, 0.1) is 6.92 Å². The van der Waals surface area contributed by atoms with E-state index in [0.717, 1.165) is 25.8 Å². The molecule has 0 saturated carbocycles. The van der Waals surface area contributed by atoms with Crippen molar-refractivity contribution in [1.82, 2.24) is 9.88 Å². The van der Waals surface area contributed by atoms with E-state index in [4.69, 9.17) is 4.74 Å². The summed E-state index contributed by atoms with van der Waals surface area (Å²) in [5.74, 6) is 0. The van der Waals surface area contributed by atoms with E-state index >= 15 is 0 Å². The number of nitrogens with zero attached hydrogens (tertiary/aromatic N) is 1. The average Bonchev–Trinajstić information content (AvgIpc) is 2.92. The van der Waals surface area contributed by atoms with E-state index in [1.165, 1.54) is 22.5 Å². The van der Waals surface area contributed by atoms with Gasteiger partial charge in [-0.25, -0.2) is 0 Å². The normalized spacial score (nSPS) is 18.4. The Kier molecular flexibility index (Phi) is 5.72. The molecule has 2 aromatic rings. The lowest BCUT2D eigenvalue weighted by atomic mass is 9.89. The van der Waals surface area contributed by atoms with Crippen LogP contribution >= 0.6 is 0 Å². The minimum absolute atomic E-state index is 0.125. The molecule has 3 rings (SSSR count). The first-order chi connectivity index (χ1) is 11.6. The molecule has 0 saturated heterocycles.